The number of carboxylic acid groups (broad SMARTS) is 1. The molecule has 1 fully saturated rings. The van der Waals surface area contributed by atoms with E-state index in [2.05, 4.69) is 23.7 Å². The van der Waals surface area contributed by atoms with Crippen molar-refractivity contribution in [2.24, 2.45) is 0 Å². The monoisotopic (exact) mass is 212 g/mol. The van der Waals surface area contributed by atoms with Crippen LogP contribution in [0.25, 0.3) is 0 Å². The molecule has 0 saturated carbocycles. The summed E-state index contributed by atoms with van der Waals surface area (Å²) < 4.78 is 0. The molecular weight excluding hydrogens is 192 g/mol. The van der Waals surface area contributed by atoms with Gasteiger partial charge in [0.2, 0.25) is 0 Å². The SMILES string of the molecule is C=CCN1CC(C)NC(CCC(=O)O)C1. The lowest BCUT2D eigenvalue weighted by Gasteiger charge is -2.37. The molecule has 2 atom stereocenters. The number of nitrogens with zero attached hydrogens (tertiary/aromatic N) is 1. The van der Waals surface area contributed by atoms with E-state index in [4.69, 9.17) is 5.11 Å². The molecule has 2 unspecified atom stereocenters. The highest BCUT2D eigenvalue weighted by atomic mass is 16.4. The Balaban J connectivity index is 2.37. The summed E-state index contributed by atoms with van der Waals surface area (Å²) in [6.07, 6.45) is 2.84. The molecule has 1 saturated heterocycles. The summed E-state index contributed by atoms with van der Waals surface area (Å²) in [6, 6.07) is 0.724. The normalized spacial score (nSPS) is 27.5. The van der Waals surface area contributed by atoms with Crippen LogP contribution in [0.3, 0.4) is 0 Å². The first-order valence-corrected chi connectivity index (χ1v) is 5.43. The smallest absolute Gasteiger partial charge is 0.303 e. The van der Waals surface area contributed by atoms with Crippen molar-refractivity contribution < 1.29 is 9.90 Å². The van der Waals surface area contributed by atoms with E-state index in [1.54, 1.807) is 0 Å². The van der Waals surface area contributed by atoms with E-state index in [9.17, 15) is 4.79 Å². The predicted octanol–water partition coefficient (Wildman–Crippen LogP) is 0.699. The summed E-state index contributed by atoms with van der Waals surface area (Å²) in [5.41, 5.74) is 0. The van der Waals surface area contributed by atoms with Gasteiger partial charge in [0.05, 0.1) is 0 Å². The van der Waals surface area contributed by atoms with Gasteiger partial charge in [-0.15, -0.1) is 6.58 Å². The molecule has 0 radical (unpaired) electrons. The maximum absolute atomic E-state index is 10.5. The van der Waals surface area contributed by atoms with E-state index >= 15 is 0 Å². The van der Waals surface area contributed by atoms with Gasteiger partial charge in [-0.25, -0.2) is 0 Å². The van der Waals surface area contributed by atoms with Crippen LogP contribution >= 0.6 is 0 Å². The van der Waals surface area contributed by atoms with Gasteiger partial charge in [-0.05, 0) is 13.3 Å². The lowest BCUT2D eigenvalue weighted by Crippen LogP contribution is -2.55. The average molecular weight is 212 g/mol. The standard InChI is InChI=1S/C11H20N2O2/c1-3-6-13-7-9(2)12-10(8-13)4-5-11(14)15/h3,9-10,12H,1,4-8H2,2H3,(H,14,15). The van der Waals surface area contributed by atoms with Gasteiger partial charge in [-0.2, -0.15) is 0 Å². The van der Waals surface area contributed by atoms with E-state index < -0.39 is 5.97 Å². The van der Waals surface area contributed by atoms with Gasteiger partial charge < -0.3 is 10.4 Å². The third-order valence-electron chi connectivity index (χ3n) is 2.62. The highest BCUT2D eigenvalue weighted by Gasteiger charge is 2.23. The molecule has 15 heavy (non-hydrogen) atoms. The molecule has 0 bridgehead atoms. The zero-order valence-electron chi connectivity index (χ0n) is 9.28. The Bertz CT molecular complexity index is 231. The Morgan fingerprint density at radius 3 is 3.00 bits per heavy atom. The van der Waals surface area contributed by atoms with Crippen molar-refractivity contribution in [1.82, 2.24) is 10.2 Å². The van der Waals surface area contributed by atoms with Crippen molar-refractivity contribution in [2.45, 2.75) is 31.8 Å². The minimum absolute atomic E-state index is 0.242. The Morgan fingerprint density at radius 2 is 2.40 bits per heavy atom. The minimum atomic E-state index is -0.717. The van der Waals surface area contributed by atoms with Gasteiger partial charge >= 0.3 is 5.97 Å². The number of carbonyl (C=O) groups is 1. The first kappa shape index (κ1) is 12.2. The molecule has 4 nitrogen and oxygen atoms in total. The van der Waals surface area contributed by atoms with Gasteiger partial charge in [0.15, 0.2) is 0 Å². The molecule has 0 aliphatic carbocycles. The Labute approximate surface area is 91.0 Å². The van der Waals surface area contributed by atoms with Gasteiger partial charge in [-0.3, -0.25) is 9.69 Å². The maximum atomic E-state index is 10.5. The zero-order valence-corrected chi connectivity index (χ0v) is 9.28. The molecule has 2 N–H and O–H groups in total. The molecule has 0 aromatic heterocycles. The van der Waals surface area contributed by atoms with Gasteiger partial charge in [0.25, 0.3) is 0 Å². The van der Waals surface area contributed by atoms with Crippen molar-refractivity contribution in [2.75, 3.05) is 19.6 Å². The van der Waals surface area contributed by atoms with Crippen LogP contribution in [0, 0.1) is 0 Å². The molecule has 1 aliphatic heterocycles. The molecule has 1 aliphatic rings. The Kier molecular flexibility index (Phi) is 4.78. The summed E-state index contributed by atoms with van der Waals surface area (Å²) >= 11 is 0. The van der Waals surface area contributed by atoms with Crippen LogP contribution in [0.1, 0.15) is 19.8 Å². The third-order valence-corrected chi connectivity index (χ3v) is 2.62. The zero-order chi connectivity index (χ0) is 11.3. The highest BCUT2D eigenvalue weighted by molar-refractivity contribution is 5.66. The van der Waals surface area contributed by atoms with E-state index in [0.29, 0.717) is 18.5 Å². The minimum Gasteiger partial charge on any atom is -0.481 e. The quantitative estimate of drug-likeness (QED) is 0.659. The molecule has 86 valence electrons. The molecule has 0 spiro atoms. The summed E-state index contributed by atoms with van der Waals surface area (Å²) in [5.74, 6) is -0.717. The lowest BCUT2D eigenvalue weighted by atomic mass is 10.1. The fourth-order valence-electron chi connectivity index (χ4n) is 2.09. The van der Waals surface area contributed by atoms with E-state index in [1.807, 2.05) is 6.08 Å². The van der Waals surface area contributed by atoms with Gasteiger partial charge in [0, 0.05) is 38.1 Å². The Hall–Kier alpha value is -0.870. The number of rotatable bonds is 5. The fraction of sp³-hybridized carbons (Fsp3) is 0.727. The number of nitrogens with one attached hydrogen (secondary N) is 1. The maximum Gasteiger partial charge on any atom is 0.303 e. The summed E-state index contributed by atoms with van der Waals surface area (Å²) in [5, 5.41) is 12.0. The highest BCUT2D eigenvalue weighted by Crippen LogP contribution is 2.08. The van der Waals surface area contributed by atoms with Gasteiger partial charge in [0.1, 0.15) is 0 Å². The summed E-state index contributed by atoms with van der Waals surface area (Å²) in [4.78, 5) is 12.8. The Morgan fingerprint density at radius 1 is 1.67 bits per heavy atom. The number of hydrogen-bond donors (Lipinski definition) is 2. The molecule has 0 aromatic rings. The van der Waals surface area contributed by atoms with Crippen LogP contribution < -0.4 is 5.32 Å². The summed E-state index contributed by atoms with van der Waals surface area (Å²) in [7, 11) is 0. The number of aliphatic carboxylic acids is 1. The molecule has 0 amide bonds. The first-order valence-electron chi connectivity index (χ1n) is 5.43. The molecule has 4 heteroatoms. The third kappa shape index (κ3) is 4.44. The van der Waals surface area contributed by atoms with Crippen molar-refractivity contribution in [3.05, 3.63) is 12.7 Å². The van der Waals surface area contributed by atoms with Gasteiger partial charge in [-0.1, -0.05) is 6.08 Å². The molecule has 1 rings (SSSR count). The van der Waals surface area contributed by atoms with Crippen molar-refractivity contribution in [1.29, 1.82) is 0 Å². The first-order chi connectivity index (χ1) is 7.11. The second-order valence-electron chi connectivity index (χ2n) is 4.20. The average Bonchev–Trinajstić information content (AvgIpc) is 2.14. The van der Waals surface area contributed by atoms with E-state index in [-0.39, 0.29) is 6.42 Å². The number of carboxylic acids is 1. The van der Waals surface area contributed by atoms with Crippen LogP contribution in [0.2, 0.25) is 0 Å². The van der Waals surface area contributed by atoms with Crippen molar-refractivity contribution >= 4 is 5.97 Å². The molecule has 1 heterocycles. The van der Waals surface area contributed by atoms with Crippen molar-refractivity contribution in [3.8, 4) is 0 Å². The topological polar surface area (TPSA) is 52.6 Å². The lowest BCUT2D eigenvalue weighted by molar-refractivity contribution is -0.137. The van der Waals surface area contributed by atoms with Crippen LogP contribution in [0.4, 0.5) is 0 Å². The van der Waals surface area contributed by atoms with Crippen molar-refractivity contribution in [3.63, 3.8) is 0 Å². The molecule has 0 aromatic carbocycles. The fourth-order valence-corrected chi connectivity index (χ4v) is 2.09. The largest absolute Gasteiger partial charge is 0.481 e. The van der Waals surface area contributed by atoms with Crippen LogP contribution in [-0.2, 0) is 4.79 Å². The summed E-state index contributed by atoms with van der Waals surface area (Å²) in [6.45, 7) is 8.67. The predicted molar refractivity (Wildman–Crippen MR) is 59.9 cm³/mol. The van der Waals surface area contributed by atoms with E-state index in [1.165, 1.54) is 0 Å². The van der Waals surface area contributed by atoms with E-state index in [0.717, 1.165) is 19.6 Å². The second-order valence-corrected chi connectivity index (χ2v) is 4.20. The number of piperazine rings is 1. The van der Waals surface area contributed by atoms with Crippen LogP contribution in [0.5, 0.6) is 0 Å². The number of hydrogen-bond acceptors (Lipinski definition) is 3. The van der Waals surface area contributed by atoms with Crippen LogP contribution in [-0.4, -0.2) is 47.7 Å². The van der Waals surface area contributed by atoms with Crippen LogP contribution in [0.15, 0.2) is 12.7 Å². The second kappa shape index (κ2) is 5.88. The molecular formula is C11H20N2O2.